The lowest BCUT2D eigenvalue weighted by Crippen LogP contribution is -2.49. The molecule has 0 radical (unpaired) electrons. The minimum absolute atomic E-state index is 0.0217. The number of methoxy groups -OCH3 is 1. The maximum absolute atomic E-state index is 13.7. The van der Waals surface area contributed by atoms with E-state index in [-0.39, 0.29) is 54.5 Å². The molecule has 5 amide bonds. The molecule has 1 atom stereocenters. The van der Waals surface area contributed by atoms with Gasteiger partial charge in [-0.3, -0.25) is 34.7 Å². The van der Waals surface area contributed by atoms with E-state index in [0.717, 1.165) is 235 Å². The number of fused-ring (bicyclic) bond motifs is 1. The number of benzene rings is 9. The maximum atomic E-state index is 13.7. The van der Waals surface area contributed by atoms with Crippen molar-refractivity contribution in [2.45, 2.75) is 159 Å². The number of likely N-dealkylation sites (N-methyl/N-ethyl adjacent to an activating group) is 3. The second-order valence-electron chi connectivity index (χ2n) is 38.9. The zero-order valence-corrected chi connectivity index (χ0v) is 82.0. The first kappa shape index (κ1) is 104. The number of quaternary nitrogens is 2. The van der Waals surface area contributed by atoms with Gasteiger partial charge in [-0.1, -0.05) is 232 Å². The summed E-state index contributed by atoms with van der Waals surface area (Å²) < 4.78 is 19.0. The number of carbonyl (C=O) groups excluding carboxylic acids is 5. The molecule has 1 unspecified atom stereocenters. The highest BCUT2D eigenvalue weighted by Gasteiger charge is 2.50. The van der Waals surface area contributed by atoms with Gasteiger partial charge in [0.05, 0.1) is 90.5 Å². The molecule has 0 bridgehead atoms. The van der Waals surface area contributed by atoms with Crippen LogP contribution < -0.4 is 26.0 Å². The zero-order valence-electron chi connectivity index (χ0n) is 82.0. The second-order valence-corrected chi connectivity index (χ2v) is 38.9. The number of rotatable bonds is 50. The highest BCUT2D eigenvalue weighted by Crippen LogP contribution is 2.44. The molecular weight excluding hydrogens is 1690 g/mol. The largest absolute Gasteiger partial charge is 0.496 e. The van der Waals surface area contributed by atoms with E-state index in [0.29, 0.717) is 24.1 Å². The number of anilines is 3. The van der Waals surface area contributed by atoms with E-state index < -0.39 is 11.4 Å². The van der Waals surface area contributed by atoms with E-state index in [9.17, 15) is 28.8 Å². The van der Waals surface area contributed by atoms with Gasteiger partial charge in [-0.05, 0) is 219 Å². The summed E-state index contributed by atoms with van der Waals surface area (Å²) in [5, 5.41) is 15.0. The van der Waals surface area contributed by atoms with Crippen LogP contribution in [0.4, 0.5) is 26.7 Å². The van der Waals surface area contributed by atoms with Crippen molar-refractivity contribution in [2.24, 2.45) is 11.7 Å². The number of imide groups is 1. The number of ether oxygens (including phenoxy) is 3. The Morgan fingerprint density at radius 3 is 1.37 bits per heavy atom. The summed E-state index contributed by atoms with van der Waals surface area (Å²) in [6.07, 6.45) is 21.8. The SMILES string of the molecule is CN(C)CCN(C)CCN1CCC(OC(=O)Nc2ccccc2-c2ccccc2)CC1.COc1ccccc1CCCCCCCC[N+](C)(C)CCN(CCN1CCC(C(C(N)=O)(c2ccccc2)c2ccccc2)C1)c1ccc(CCCC(=O)O)cc1.C[N+](C)(CCCCCCCN1CCC(OC(=O)Nc2ccccc2-c2ccccc2)CC1)CCCCN1C(=O)c2ccccc2C1=O. The predicted molar refractivity (Wildman–Crippen MR) is 548 cm³/mol. The van der Waals surface area contributed by atoms with Gasteiger partial charge in [0.15, 0.2) is 0 Å². The smallest absolute Gasteiger partial charge is 0.411 e. The molecule has 0 spiro atoms. The van der Waals surface area contributed by atoms with Gasteiger partial charge in [0.1, 0.15) is 23.4 Å². The molecule has 13 rings (SSSR count). The average Bonchev–Trinajstić information content (AvgIpc) is 1.72. The number of aliphatic carboxylic acids is 1. The number of carboxylic acids is 1. The van der Waals surface area contributed by atoms with E-state index >= 15 is 0 Å². The molecule has 22 heteroatoms. The zero-order chi connectivity index (χ0) is 95.6. The van der Waals surface area contributed by atoms with Crippen LogP contribution in [0, 0.1) is 5.92 Å². The highest BCUT2D eigenvalue weighted by atomic mass is 16.6. The molecule has 0 aromatic heterocycles. The Balaban J connectivity index is 0.000000203. The molecule has 135 heavy (non-hydrogen) atoms. The van der Waals surface area contributed by atoms with Crippen LogP contribution in [0.2, 0.25) is 0 Å². The summed E-state index contributed by atoms with van der Waals surface area (Å²) in [4.78, 5) is 91.1. The summed E-state index contributed by atoms with van der Waals surface area (Å²) >= 11 is 0. The van der Waals surface area contributed by atoms with E-state index in [1.165, 1.54) is 92.3 Å². The molecular formula is C113H154N12O10+2. The quantitative estimate of drug-likeness (QED) is 0.0158. The van der Waals surface area contributed by atoms with Crippen molar-refractivity contribution in [3.63, 3.8) is 0 Å². The van der Waals surface area contributed by atoms with Crippen LogP contribution >= 0.6 is 0 Å². The van der Waals surface area contributed by atoms with Crippen LogP contribution in [0.15, 0.2) is 243 Å². The fraction of sp³-hybridized carbons (Fsp3) is 0.469. The Morgan fingerprint density at radius 1 is 0.430 bits per heavy atom. The predicted octanol–water partition coefficient (Wildman–Crippen LogP) is 19.7. The number of unbranched alkanes of at least 4 members (excludes halogenated alkanes) is 10. The van der Waals surface area contributed by atoms with Gasteiger partial charge in [0.25, 0.3) is 11.8 Å². The van der Waals surface area contributed by atoms with Crippen LogP contribution in [0.3, 0.4) is 0 Å². The summed E-state index contributed by atoms with van der Waals surface area (Å²) in [6.45, 7) is 18.6. The summed E-state index contributed by atoms with van der Waals surface area (Å²) in [7, 11) is 17.4. The third-order valence-corrected chi connectivity index (χ3v) is 27.6. The molecule has 9 aromatic carbocycles. The van der Waals surface area contributed by atoms with Crippen LogP contribution in [-0.2, 0) is 37.3 Å². The van der Waals surface area contributed by atoms with Gasteiger partial charge >= 0.3 is 18.2 Å². The monoisotopic (exact) mass is 1840 g/mol. The lowest BCUT2D eigenvalue weighted by atomic mass is 9.64. The number of hydrogen-bond donors (Lipinski definition) is 4. The molecule has 22 nitrogen and oxygen atoms in total. The van der Waals surface area contributed by atoms with Crippen LogP contribution in [-0.4, -0.2) is 272 Å². The fourth-order valence-corrected chi connectivity index (χ4v) is 19.4. The first-order valence-corrected chi connectivity index (χ1v) is 49.9. The Kier molecular flexibility index (Phi) is 42.2. The number of likely N-dealkylation sites (tertiary alicyclic amines) is 3. The highest BCUT2D eigenvalue weighted by molar-refractivity contribution is 6.21. The van der Waals surface area contributed by atoms with E-state index in [1.54, 1.807) is 19.2 Å². The molecule has 3 saturated heterocycles. The average molecular weight is 1840 g/mol. The number of aryl methyl sites for hydroxylation is 2. The Labute approximate surface area is 805 Å². The lowest BCUT2D eigenvalue weighted by Gasteiger charge is -2.38. The molecule has 724 valence electrons. The van der Waals surface area contributed by atoms with Crippen LogP contribution in [0.1, 0.15) is 171 Å². The summed E-state index contributed by atoms with van der Waals surface area (Å²) in [5.41, 5.74) is 17.8. The first-order valence-electron chi connectivity index (χ1n) is 49.9. The molecule has 0 saturated carbocycles. The number of piperidine rings is 2. The molecule has 5 N–H and O–H groups in total. The second kappa shape index (κ2) is 54.6. The topological polar surface area (TPSA) is 223 Å². The first-order chi connectivity index (χ1) is 65.4. The minimum atomic E-state index is -0.898. The molecule has 4 heterocycles. The molecule has 3 fully saturated rings. The van der Waals surface area contributed by atoms with Crippen LogP contribution in [0.25, 0.3) is 22.3 Å². The number of para-hydroxylation sites is 3. The lowest BCUT2D eigenvalue weighted by molar-refractivity contribution is -0.890. The summed E-state index contributed by atoms with van der Waals surface area (Å²) in [5.74, 6) is -0.288. The third-order valence-electron chi connectivity index (χ3n) is 27.6. The van der Waals surface area contributed by atoms with Crippen molar-refractivity contribution in [1.29, 1.82) is 0 Å². The molecule has 4 aliphatic heterocycles. The van der Waals surface area contributed by atoms with Crippen molar-refractivity contribution < 1.29 is 57.1 Å². The number of carbonyl (C=O) groups is 6. The van der Waals surface area contributed by atoms with Gasteiger partial charge < -0.3 is 63.4 Å². The summed E-state index contributed by atoms with van der Waals surface area (Å²) in [6, 6.07) is 80.2. The number of carboxylic acid groups (broad SMARTS) is 1. The van der Waals surface area contributed by atoms with Gasteiger partial charge in [-0.2, -0.15) is 0 Å². The fourth-order valence-electron chi connectivity index (χ4n) is 19.4. The van der Waals surface area contributed by atoms with E-state index in [4.69, 9.17) is 25.1 Å². The molecule has 9 aromatic rings. The van der Waals surface area contributed by atoms with Crippen molar-refractivity contribution >= 4 is 52.9 Å². The molecule has 4 aliphatic rings. The van der Waals surface area contributed by atoms with Crippen molar-refractivity contribution in [3.8, 4) is 28.0 Å². The van der Waals surface area contributed by atoms with Crippen molar-refractivity contribution in [3.05, 3.63) is 276 Å². The van der Waals surface area contributed by atoms with E-state index in [2.05, 4.69) is 156 Å². The number of primary amides is 1. The van der Waals surface area contributed by atoms with Gasteiger partial charge in [-0.15, -0.1) is 0 Å². The Hall–Kier alpha value is -11.1. The standard InChI is InChI=1S/C49H66N4O4.C39H50N4O4.C25H36N4O2/c1-53(2,37-17-7-5-4-6-10-20-41-21-15-16-26-46(41)57-3)38-36-52(45-30-28-40(29-31-45)19-18-27-47(54)55)35-34-51-33-32-44(39-51)49(48(50)56,42-22-11-8-12-23-42)43-24-13-9-14-25-43;1-43(2,30-16-14-26-42-37(44)34-20-9-10-21-35(34)38(42)45)29-15-5-3-4-13-25-41-27-23-32(24-28-41)47-39(46)40-36-22-12-11-19-33(36)31-17-7-6-8-18-31;1-27(2)17-18-28(3)19-20-29-15-13-22(14-16-29)31-25(30)26-24-12-8-7-11-23(24)21-9-5-4-6-10-21/h8-9,11-16,21-26,28-31,44H,4-7,10,17-20,27,32-39H2,1-3H3,(H2-,50,54,55,56);6-12,17-22,32H,3-5,13-16,23-30H2,1-2H3;4-12,22H,13-20H2,1-3H3,(H,26,30)/p+2. The third kappa shape index (κ3) is 33.4. The van der Waals surface area contributed by atoms with Gasteiger partial charge in [0, 0.05) is 102 Å². The van der Waals surface area contributed by atoms with Crippen LogP contribution in [0.5, 0.6) is 5.75 Å². The van der Waals surface area contributed by atoms with Crippen molar-refractivity contribution in [1.82, 2.24) is 29.4 Å². The normalized spacial score (nSPS) is 15.2. The molecule has 0 aliphatic carbocycles. The van der Waals surface area contributed by atoms with Gasteiger partial charge in [0.2, 0.25) is 5.91 Å². The number of amides is 5. The number of nitrogens with one attached hydrogen (secondary N) is 2. The number of nitrogens with zero attached hydrogens (tertiary/aromatic N) is 9. The number of nitrogens with two attached hydrogens (primary N) is 1. The number of hydrogen-bond acceptors (Lipinski definition) is 15. The van der Waals surface area contributed by atoms with Gasteiger partial charge in [-0.25, -0.2) is 9.59 Å². The Morgan fingerprint density at radius 2 is 0.859 bits per heavy atom. The Bertz CT molecular complexity index is 4970. The van der Waals surface area contributed by atoms with E-state index in [1.807, 2.05) is 164 Å². The maximum Gasteiger partial charge on any atom is 0.411 e. The van der Waals surface area contributed by atoms with Crippen molar-refractivity contribution in [2.75, 3.05) is 196 Å². The minimum Gasteiger partial charge on any atom is -0.496 e.